The molecule has 124 valence electrons. The normalized spacial score (nSPS) is 13.4. The molecule has 0 fully saturated rings. The SMILES string of the molecule is Cn1cccc(C(=O)NC[C@](O)(c2ccoc2)c2cccs2)c1=O. The fraction of sp³-hybridized carbons (Fsp3) is 0.176. The third-order valence-corrected chi connectivity index (χ3v) is 4.82. The second-order valence-electron chi connectivity index (χ2n) is 5.37. The first-order valence-electron chi connectivity index (χ1n) is 7.25. The fourth-order valence-corrected chi connectivity index (χ4v) is 3.26. The molecule has 3 rings (SSSR count). The number of nitrogens with zero attached hydrogens (tertiary/aromatic N) is 1. The predicted octanol–water partition coefficient (Wildman–Crippen LogP) is 1.71. The van der Waals surface area contributed by atoms with Gasteiger partial charge in [-0.25, -0.2) is 0 Å². The lowest BCUT2D eigenvalue weighted by atomic mass is 9.94. The zero-order valence-corrected chi connectivity index (χ0v) is 13.7. The molecule has 0 saturated heterocycles. The van der Waals surface area contributed by atoms with Crippen molar-refractivity contribution in [3.8, 4) is 0 Å². The Morgan fingerprint density at radius 2 is 2.21 bits per heavy atom. The van der Waals surface area contributed by atoms with Gasteiger partial charge in [0.05, 0.1) is 19.1 Å². The molecule has 0 unspecified atom stereocenters. The summed E-state index contributed by atoms with van der Waals surface area (Å²) in [5.41, 5.74) is -1.25. The van der Waals surface area contributed by atoms with Crippen LogP contribution in [-0.4, -0.2) is 22.1 Å². The Hall–Kier alpha value is -2.64. The largest absolute Gasteiger partial charge is 0.472 e. The molecule has 0 aliphatic rings. The first-order chi connectivity index (χ1) is 11.5. The van der Waals surface area contributed by atoms with Gasteiger partial charge < -0.3 is 19.4 Å². The third kappa shape index (κ3) is 2.91. The van der Waals surface area contributed by atoms with E-state index in [1.54, 1.807) is 31.4 Å². The highest BCUT2D eigenvalue weighted by molar-refractivity contribution is 7.10. The Morgan fingerprint density at radius 1 is 1.38 bits per heavy atom. The number of carbonyl (C=O) groups is 1. The van der Waals surface area contributed by atoms with E-state index in [0.717, 1.165) is 0 Å². The zero-order valence-electron chi connectivity index (χ0n) is 12.9. The van der Waals surface area contributed by atoms with Crippen molar-refractivity contribution in [1.82, 2.24) is 9.88 Å². The van der Waals surface area contributed by atoms with Crippen molar-refractivity contribution in [2.24, 2.45) is 7.05 Å². The molecule has 3 aromatic rings. The molecule has 0 saturated carbocycles. The summed E-state index contributed by atoms with van der Waals surface area (Å²) in [4.78, 5) is 25.0. The van der Waals surface area contributed by atoms with Gasteiger partial charge in [0.1, 0.15) is 11.2 Å². The molecular weight excluding hydrogens is 328 g/mol. The Balaban J connectivity index is 1.86. The zero-order chi connectivity index (χ0) is 17.2. The van der Waals surface area contributed by atoms with Gasteiger partial charge >= 0.3 is 0 Å². The molecule has 6 nitrogen and oxygen atoms in total. The van der Waals surface area contributed by atoms with Crippen LogP contribution in [0.15, 0.2) is 63.6 Å². The number of carbonyl (C=O) groups excluding carboxylic acids is 1. The van der Waals surface area contributed by atoms with Gasteiger partial charge in [-0.3, -0.25) is 9.59 Å². The standard InChI is InChI=1S/C17H16N2O4S/c1-19-7-2-4-13(16(19)21)15(20)18-11-17(22,12-6-8-23-10-12)14-5-3-9-24-14/h2-10,22H,11H2,1H3,(H,18,20)/t17-/m0/s1. The molecule has 3 aromatic heterocycles. The summed E-state index contributed by atoms with van der Waals surface area (Å²) in [5, 5.41) is 15.6. The molecule has 1 amide bonds. The van der Waals surface area contributed by atoms with Crippen molar-refractivity contribution in [1.29, 1.82) is 0 Å². The number of hydrogen-bond donors (Lipinski definition) is 2. The highest BCUT2D eigenvalue weighted by Crippen LogP contribution is 2.32. The number of pyridine rings is 1. The predicted molar refractivity (Wildman–Crippen MR) is 90.0 cm³/mol. The van der Waals surface area contributed by atoms with Crippen LogP contribution in [0.25, 0.3) is 0 Å². The van der Waals surface area contributed by atoms with Gasteiger partial charge in [0.25, 0.3) is 11.5 Å². The summed E-state index contributed by atoms with van der Waals surface area (Å²) in [6.45, 7) is -0.0794. The Bertz CT molecular complexity index is 847. The summed E-state index contributed by atoms with van der Waals surface area (Å²) < 4.78 is 6.39. The van der Waals surface area contributed by atoms with Crippen LogP contribution in [-0.2, 0) is 12.6 Å². The average molecular weight is 344 g/mol. The van der Waals surface area contributed by atoms with E-state index in [2.05, 4.69) is 5.32 Å². The molecule has 7 heteroatoms. The van der Waals surface area contributed by atoms with Crippen LogP contribution in [0, 0.1) is 0 Å². The summed E-state index contributed by atoms with van der Waals surface area (Å²) in [7, 11) is 1.58. The van der Waals surface area contributed by atoms with Gasteiger partial charge in [0, 0.05) is 23.7 Å². The lowest BCUT2D eigenvalue weighted by Gasteiger charge is -2.26. The third-order valence-electron chi connectivity index (χ3n) is 3.80. The first kappa shape index (κ1) is 16.2. The number of nitrogens with one attached hydrogen (secondary N) is 1. The number of amides is 1. The topological polar surface area (TPSA) is 84.5 Å². The van der Waals surface area contributed by atoms with Crippen molar-refractivity contribution in [2.45, 2.75) is 5.60 Å². The lowest BCUT2D eigenvalue weighted by molar-refractivity contribution is 0.0713. The maximum atomic E-state index is 12.3. The molecule has 2 N–H and O–H groups in total. The minimum absolute atomic E-state index is 0.0284. The number of furan rings is 1. The number of aliphatic hydroxyl groups is 1. The van der Waals surface area contributed by atoms with E-state index in [4.69, 9.17) is 4.42 Å². The van der Waals surface area contributed by atoms with Crippen molar-refractivity contribution in [2.75, 3.05) is 6.54 Å². The summed E-state index contributed by atoms with van der Waals surface area (Å²) in [6.07, 6.45) is 4.47. The molecule has 0 aromatic carbocycles. The molecule has 0 bridgehead atoms. The summed E-state index contributed by atoms with van der Waals surface area (Å²) in [6, 6.07) is 8.33. The van der Waals surface area contributed by atoms with Crippen molar-refractivity contribution >= 4 is 17.2 Å². The van der Waals surface area contributed by atoms with Gasteiger partial charge in [-0.05, 0) is 29.6 Å². The molecule has 0 radical (unpaired) electrons. The average Bonchev–Trinajstić information content (AvgIpc) is 3.28. The van der Waals surface area contributed by atoms with Crippen molar-refractivity contribution < 1.29 is 14.3 Å². The van der Waals surface area contributed by atoms with Crippen LogP contribution < -0.4 is 10.9 Å². The molecule has 24 heavy (non-hydrogen) atoms. The second kappa shape index (κ2) is 6.46. The van der Waals surface area contributed by atoms with E-state index in [0.29, 0.717) is 10.4 Å². The van der Waals surface area contributed by atoms with E-state index in [1.807, 2.05) is 11.4 Å². The molecular formula is C17H16N2O4S. The van der Waals surface area contributed by atoms with Crippen LogP contribution >= 0.6 is 11.3 Å². The highest BCUT2D eigenvalue weighted by atomic mass is 32.1. The van der Waals surface area contributed by atoms with E-state index >= 15 is 0 Å². The van der Waals surface area contributed by atoms with Crippen LogP contribution in [0.1, 0.15) is 20.8 Å². The second-order valence-corrected chi connectivity index (χ2v) is 6.32. The van der Waals surface area contributed by atoms with Crippen LogP contribution in [0.2, 0.25) is 0 Å². The molecule has 0 aliphatic carbocycles. The van der Waals surface area contributed by atoms with E-state index < -0.39 is 17.1 Å². The summed E-state index contributed by atoms with van der Waals surface area (Å²) in [5.74, 6) is -0.533. The van der Waals surface area contributed by atoms with Gasteiger partial charge in [0.15, 0.2) is 0 Å². The lowest BCUT2D eigenvalue weighted by Crippen LogP contribution is -2.42. The van der Waals surface area contributed by atoms with Gasteiger partial charge in [-0.1, -0.05) is 6.07 Å². The molecule has 3 heterocycles. The summed E-state index contributed by atoms with van der Waals surface area (Å²) >= 11 is 1.37. The number of thiophene rings is 1. The van der Waals surface area contributed by atoms with E-state index in [-0.39, 0.29) is 12.1 Å². The van der Waals surface area contributed by atoms with Gasteiger partial charge in [-0.15, -0.1) is 11.3 Å². The maximum Gasteiger partial charge on any atom is 0.263 e. The van der Waals surface area contributed by atoms with Crippen LogP contribution in [0.3, 0.4) is 0 Å². The number of rotatable bonds is 5. The Kier molecular flexibility index (Phi) is 4.37. The number of aryl methyl sites for hydroxylation is 1. The minimum Gasteiger partial charge on any atom is -0.472 e. The van der Waals surface area contributed by atoms with Gasteiger partial charge in [0.2, 0.25) is 0 Å². The number of aromatic nitrogens is 1. The fourth-order valence-electron chi connectivity index (χ4n) is 2.42. The van der Waals surface area contributed by atoms with Gasteiger partial charge in [-0.2, -0.15) is 0 Å². The van der Waals surface area contributed by atoms with Crippen LogP contribution in [0.5, 0.6) is 0 Å². The first-order valence-corrected chi connectivity index (χ1v) is 8.13. The Labute approximate surface area is 142 Å². The van der Waals surface area contributed by atoms with Crippen LogP contribution in [0.4, 0.5) is 0 Å². The van der Waals surface area contributed by atoms with E-state index in [1.165, 1.54) is 34.5 Å². The van der Waals surface area contributed by atoms with E-state index in [9.17, 15) is 14.7 Å². The Morgan fingerprint density at radius 3 is 2.88 bits per heavy atom. The maximum absolute atomic E-state index is 12.3. The van der Waals surface area contributed by atoms with Crippen molar-refractivity contribution in [3.63, 3.8) is 0 Å². The quantitative estimate of drug-likeness (QED) is 0.738. The highest BCUT2D eigenvalue weighted by Gasteiger charge is 2.34. The molecule has 1 atom stereocenters. The molecule has 0 spiro atoms. The minimum atomic E-state index is -1.42. The monoisotopic (exact) mass is 344 g/mol. The smallest absolute Gasteiger partial charge is 0.263 e. The molecule has 0 aliphatic heterocycles. The number of hydrogen-bond acceptors (Lipinski definition) is 5. The van der Waals surface area contributed by atoms with Crippen molar-refractivity contribution in [3.05, 3.63) is 80.8 Å².